The number of carbonyl (C=O) groups is 1. The van der Waals surface area contributed by atoms with Crippen LogP contribution in [0.2, 0.25) is 0 Å². The van der Waals surface area contributed by atoms with Gasteiger partial charge in [-0.05, 0) is 57.4 Å². The Morgan fingerprint density at radius 3 is 2.86 bits per heavy atom. The number of esters is 1. The number of fused-ring (bicyclic) bond motifs is 1. The van der Waals surface area contributed by atoms with Crippen LogP contribution in [0.5, 0.6) is 5.75 Å². The van der Waals surface area contributed by atoms with Gasteiger partial charge in [0, 0.05) is 6.42 Å². The summed E-state index contributed by atoms with van der Waals surface area (Å²) in [5, 5.41) is 10.7. The van der Waals surface area contributed by atoms with E-state index in [-0.39, 0.29) is 12.1 Å². The van der Waals surface area contributed by atoms with Crippen molar-refractivity contribution in [2.45, 2.75) is 51.7 Å². The monoisotopic (exact) mass is 304 g/mol. The van der Waals surface area contributed by atoms with Gasteiger partial charge in [-0.1, -0.05) is 11.6 Å². The highest BCUT2D eigenvalue weighted by Gasteiger charge is 2.38. The Balaban J connectivity index is 2.07. The Hall–Kier alpha value is -1.81. The van der Waals surface area contributed by atoms with Gasteiger partial charge in [0.15, 0.2) is 0 Å². The molecule has 1 aliphatic heterocycles. The number of aliphatic hydroxyl groups is 1. The van der Waals surface area contributed by atoms with Gasteiger partial charge >= 0.3 is 5.97 Å². The Kier molecular flexibility index (Phi) is 4.91. The maximum Gasteiger partial charge on any atom is 0.337 e. The molecule has 1 aromatic rings. The van der Waals surface area contributed by atoms with Crippen LogP contribution in [-0.4, -0.2) is 29.9 Å². The number of rotatable bonds is 5. The summed E-state index contributed by atoms with van der Waals surface area (Å²) in [6.45, 7) is 5.90. The van der Waals surface area contributed by atoms with E-state index in [1.807, 2.05) is 20.8 Å². The molecule has 0 bridgehead atoms. The molecule has 0 saturated heterocycles. The zero-order chi connectivity index (χ0) is 16.3. The lowest BCUT2D eigenvalue weighted by molar-refractivity contribution is -0.0433. The summed E-state index contributed by atoms with van der Waals surface area (Å²) in [7, 11) is 1.36. The lowest BCUT2D eigenvalue weighted by atomic mass is 9.90. The molecule has 0 radical (unpaired) electrons. The van der Waals surface area contributed by atoms with Gasteiger partial charge < -0.3 is 14.6 Å². The molecule has 1 N–H and O–H groups in total. The molecule has 1 aromatic carbocycles. The molecule has 0 amide bonds. The summed E-state index contributed by atoms with van der Waals surface area (Å²) in [6, 6.07) is 5.24. The fraction of sp³-hybridized carbons (Fsp3) is 0.500. The SMILES string of the molecule is COC(=O)c1ccc2c(c1)CC(C(C)(O)CCC=C(C)C)O2. The molecule has 120 valence electrons. The first kappa shape index (κ1) is 16.6. The van der Waals surface area contributed by atoms with E-state index < -0.39 is 5.60 Å². The smallest absolute Gasteiger partial charge is 0.337 e. The molecule has 4 heteroatoms. The minimum Gasteiger partial charge on any atom is -0.487 e. The highest BCUT2D eigenvalue weighted by atomic mass is 16.5. The predicted octanol–water partition coefficient (Wildman–Crippen LogP) is 3.27. The van der Waals surface area contributed by atoms with Crippen molar-refractivity contribution in [1.82, 2.24) is 0 Å². The highest BCUT2D eigenvalue weighted by molar-refractivity contribution is 5.89. The van der Waals surface area contributed by atoms with E-state index in [0.29, 0.717) is 18.4 Å². The van der Waals surface area contributed by atoms with E-state index in [4.69, 9.17) is 9.47 Å². The second-order valence-corrected chi connectivity index (χ2v) is 6.30. The van der Waals surface area contributed by atoms with Gasteiger partial charge in [-0.15, -0.1) is 0 Å². The molecule has 0 saturated carbocycles. The largest absolute Gasteiger partial charge is 0.487 e. The first-order valence-corrected chi connectivity index (χ1v) is 7.57. The number of carbonyl (C=O) groups excluding carboxylic acids is 1. The van der Waals surface area contributed by atoms with Gasteiger partial charge in [-0.25, -0.2) is 4.79 Å². The molecule has 4 nitrogen and oxygen atoms in total. The Morgan fingerprint density at radius 1 is 1.50 bits per heavy atom. The highest BCUT2D eigenvalue weighted by Crippen LogP contribution is 2.35. The second kappa shape index (κ2) is 6.53. The average Bonchev–Trinajstić information content (AvgIpc) is 2.89. The normalized spacial score (nSPS) is 18.9. The Bertz CT molecular complexity index is 583. The topological polar surface area (TPSA) is 55.8 Å². The maximum absolute atomic E-state index is 11.6. The van der Waals surface area contributed by atoms with Gasteiger partial charge in [0.1, 0.15) is 11.9 Å². The van der Waals surface area contributed by atoms with Crippen LogP contribution in [0.3, 0.4) is 0 Å². The minimum absolute atomic E-state index is 0.291. The van der Waals surface area contributed by atoms with Gasteiger partial charge in [-0.2, -0.15) is 0 Å². The fourth-order valence-corrected chi connectivity index (χ4v) is 2.65. The van der Waals surface area contributed by atoms with Crippen LogP contribution in [0.1, 0.15) is 49.5 Å². The van der Waals surface area contributed by atoms with Crippen LogP contribution < -0.4 is 4.74 Å². The summed E-state index contributed by atoms with van der Waals surface area (Å²) in [4.78, 5) is 11.6. The van der Waals surface area contributed by atoms with Crippen LogP contribution in [0, 0.1) is 0 Å². The van der Waals surface area contributed by atoms with Crippen molar-refractivity contribution in [3.05, 3.63) is 41.0 Å². The number of hydrogen-bond donors (Lipinski definition) is 1. The quantitative estimate of drug-likeness (QED) is 0.670. The van der Waals surface area contributed by atoms with Crippen molar-refractivity contribution in [2.24, 2.45) is 0 Å². The molecule has 0 aliphatic carbocycles. The zero-order valence-electron chi connectivity index (χ0n) is 13.7. The Labute approximate surface area is 131 Å². The van der Waals surface area contributed by atoms with Crippen LogP contribution in [-0.2, 0) is 11.2 Å². The molecule has 2 atom stereocenters. The third-order valence-electron chi connectivity index (χ3n) is 4.05. The molecule has 0 aromatic heterocycles. The summed E-state index contributed by atoms with van der Waals surface area (Å²) >= 11 is 0. The Morgan fingerprint density at radius 2 is 2.23 bits per heavy atom. The van der Waals surface area contributed by atoms with E-state index in [9.17, 15) is 9.90 Å². The molecule has 0 fully saturated rings. The van der Waals surface area contributed by atoms with Crippen LogP contribution in [0.15, 0.2) is 29.8 Å². The first-order chi connectivity index (χ1) is 10.3. The van der Waals surface area contributed by atoms with Gasteiger partial charge in [-0.3, -0.25) is 0 Å². The molecule has 1 aliphatic rings. The minimum atomic E-state index is -0.906. The number of allylic oxidation sites excluding steroid dienone is 2. The fourth-order valence-electron chi connectivity index (χ4n) is 2.65. The lowest BCUT2D eigenvalue weighted by Gasteiger charge is -2.29. The van der Waals surface area contributed by atoms with E-state index in [0.717, 1.165) is 17.7 Å². The molecule has 1 heterocycles. The van der Waals surface area contributed by atoms with Crippen LogP contribution in [0.25, 0.3) is 0 Å². The van der Waals surface area contributed by atoms with Crippen LogP contribution in [0.4, 0.5) is 0 Å². The van der Waals surface area contributed by atoms with Crippen molar-refractivity contribution in [2.75, 3.05) is 7.11 Å². The third kappa shape index (κ3) is 3.69. The van der Waals surface area contributed by atoms with Gasteiger partial charge in [0.25, 0.3) is 0 Å². The van der Waals surface area contributed by atoms with Crippen molar-refractivity contribution in [3.8, 4) is 5.75 Å². The molecule has 22 heavy (non-hydrogen) atoms. The van der Waals surface area contributed by atoms with Gasteiger partial charge in [0.05, 0.1) is 18.3 Å². The molecule has 2 unspecified atom stereocenters. The molecular weight excluding hydrogens is 280 g/mol. The summed E-state index contributed by atoms with van der Waals surface area (Å²) < 4.78 is 10.6. The van der Waals surface area contributed by atoms with Crippen molar-refractivity contribution in [3.63, 3.8) is 0 Å². The number of methoxy groups -OCH3 is 1. The molecule has 2 rings (SSSR count). The van der Waals surface area contributed by atoms with E-state index in [1.165, 1.54) is 12.7 Å². The third-order valence-corrected chi connectivity index (χ3v) is 4.05. The zero-order valence-corrected chi connectivity index (χ0v) is 13.7. The number of hydrogen-bond acceptors (Lipinski definition) is 4. The van der Waals surface area contributed by atoms with Crippen molar-refractivity contribution < 1.29 is 19.4 Å². The van der Waals surface area contributed by atoms with Gasteiger partial charge in [0.2, 0.25) is 0 Å². The second-order valence-electron chi connectivity index (χ2n) is 6.30. The standard InChI is InChI=1S/C18H24O4/c1-12(2)6-5-9-18(3,20)16-11-14-10-13(17(19)21-4)7-8-15(14)22-16/h6-8,10,16,20H,5,9,11H2,1-4H3. The number of ether oxygens (including phenoxy) is 2. The molecular formula is C18H24O4. The summed E-state index contributed by atoms with van der Waals surface area (Å²) in [5.74, 6) is 0.377. The number of benzene rings is 1. The summed E-state index contributed by atoms with van der Waals surface area (Å²) in [5.41, 5.74) is 1.79. The van der Waals surface area contributed by atoms with Crippen LogP contribution >= 0.6 is 0 Å². The van der Waals surface area contributed by atoms with Crippen molar-refractivity contribution in [1.29, 1.82) is 0 Å². The van der Waals surface area contributed by atoms with E-state index in [1.54, 1.807) is 18.2 Å². The predicted molar refractivity (Wildman–Crippen MR) is 85.2 cm³/mol. The molecule has 0 spiro atoms. The van der Waals surface area contributed by atoms with E-state index >= 15 is 0 Å². The van der Waals surface area contributed by atoms with E-state index in [2.05, 4.69) is 6.08 Å². The lowest BCUT2D eigenvalue weighted by Crippen LogP contribution is -2.42. The summed E-state index contributed by atoms with van der Waals surface area (Å²) in [6.07, 6.45) is 3.88. The average molecular weight is 304 g/mol. The first-order valence-electron chi connectivity index (χ1n) is 7.57. The van der Waals surface area contributed by atoms with Crippen molar-refractivity contribution >= 4 is 5.97 Å². The maximum atomic E-state index is 11.6.